The van der Waals surface area contributed by atoms with E-state index < -0.39 is 42.0 Å². The van der Waals surface area contributed by atoms with Crippen molar-refractivity contribution in [3.8, 4) is 0 Å². The Balaban J connectivity index is 1.68. The quantitative estimate of drug-likeness (QED) is 0.235. The maximum Gasteiger partial charge on any atom is 0.331 e. The zero-order chi connectivity index (χ0) is 28.4. The Kier molecular flexibility index (Phi) is 8.43. The molecule has 1 N–H and O–H groups in total. The van der Waals surface area contributed by atoms with Gasteiger partial charge in [0.2, 0.25) is 0 Å². The highest BCUT2D eigenvalue weighted by Crippen LogP contribution is 2.46. The molecular weight excluding hydrogens is 576 g/mol. The molecule has 0 saturated carbocycles. The second-order valence-electron chi connectivity index (χ2n) is 9.46. The van der Waals surface area contributed by atoms with Crippen LogP contribution in [-0.4, -0.2) is 28.0 Å². The number of carboxylic acid groups (broad SMARTS) is 1. The van der Waals surface area contributed by atoms with Crippen LogP contribution >= 0.6 is 34.8 Å². The van der Waals surface area contributed by atoms with Crippen LogP contribution in [0.3, 0.4) is 0 Å². The van der Waals surface area contributed by atoms with Gasteiger partial charge in [-0.2, -0.15) is 0 Å². The second-order valence-corrected chi connectivity index (χ2v) is 10.8. The number of ether oxygens (including phenoxy) is 1. The van der Waals surface area contributed by atoms with Crippen LogP contribution in [0, 0.1) is 5.82 Å². The lowest BCUT2D eigenvalue weighted by Crippen LogP contribution is -2.54. The molecule has 1 aliphatic heterocycles. The highest BCUT2D eigenvalue weighted by molar-refractivity contribution is 6.31. The van der Waals surface area contributed by atoms with Crippen LogP contribution in [0.25, 0.3) is 0 Å². The maximum atomic E-state index is 14.3. The lowest BCUT2D eigenvalue weighted by Gasteiger charge is -2.47. The van der Waals surface area contributed by atoms with Gasteiger partial charge in [0.25, 0.3) is 5.91 Å². The van der Waals surface area contributed by atoms with Crippen molar-refractivity contribution in [3.05, 3.63) is 140 Å². The molecule has 4 aromatic carbocycles. The predicted octanol–water partition coefficient (Wildman–Crippen LogP) is 7.86. The Hall–Kier alpha value is -3.42. The Labute approximate surface area is 245 Å². The lowest BCUT2D eigenvalue weighted by molar-refractivity contribution is -0.184. The van der Waals surface area contributed by atoms with E-state index in [-0.39, 0.29) is 6.42 Å². The molecule has 1 aliphatic rings. The van der Waals surface area contributed by atoms with Crippen molar-refractivity contribution < 1.29 is 23.8 Å². The van der Waals surface area contributed by atoms with Gasteiger partial charge in [0.05, 0.1) is 6.04 Å². The SMILES string of the molecule is O=C(O)[C@H](c1ccc(Cl)cc1)N1C(=O)[C@@H](Cc2ccc(F)cc2)O[C@H](c2ccc(Cl)cc2)[C@@H]1c1ccc(Cl)cc1. The fraction of sp³-hybridized carbons (Fsp3) is 0.161. The summed E-state index contributed by atoms with van der Waals surface area (Å²) >= 11 is 18.4. The van der Waals surface area contributed by atoms with Crippen molar-refractivity contribution in [2.45, 2.75) is 30.7 Å². The fourth-order valence-electron chi connectivity index (χ4n) is 4.99. The maximum absolute atomic E-state index is 14.3. The van der Waals surface area contributed by atoms with Gasteiger partial charge < -0.3 is 14.7 Å². The van der Waals surface area contributed by atoms with E-state index >= 15 is 0 Å². The van der Waals surface area contributed by atoms with Gasteiger partial charge >= 0.3 is 5.97 Å². The number of carbonyl (C=O) groups excluding carboxylic acids is 1. The largest absolute Gasteiger partial charge is 0.479 e. The highest BCUT2D eigenvalue weighted by atomic mass is 35.5. The summed E-state index contributed by atoms with van der Waals surface area (Å²) < 4.78 is 20.1. The van der Waals surface area contributed by atoms with Gasteiger partial charge in [0.15, 0.2) is 6.04 Å². The molecule has 5 rings (SSSR count). The summed E-state index contributed by atoms with van der Waals surface area (Å²) in [6.45, 7) is 0. The van der Waals surface area contributed by atoms with Crippen molar-refractivity contribution >= 4 is 46.7 Å². The number of carbonyl (C=O) groups is 2. The zero-order valence-corrected chi connectivity index (χ0v) is 23.2. The first kappa shape index (κ1) is 28.1. The van der Waals surface area contributed by atoms with Crippen LogP contribution in [0.5, 0.6) is 0 Å². The van der Waals surface area contributed by atoms with Gasteiger partial charge in [-0.1, -0.05) is 83.3 Å². The zero-order valence-electron chi connectivity index (χ0n) is 20.9. The third-order valence-electron chi connectivity index (χ3n) is 6.87. The van der Waals surface area contributed by atoms with Gasteiger partial charge in [-0.25, -0.2) is 9.18 Å². The van der Waals surface area contributed by atoms with Crippen LogP contribution in [0.15, 0.2) is 97.1 Å². The van der Waals surface area contributed by atoms with E-state index in [9.17, 15) is 19.1 Å². The topological polar surface area (TPSA) is 66.8 Å². The number of morpholine rings is 1. The number of carboxylic acids is 1. The third-order valence-corrected chi connectivity index (χ3v) is 7.63. The summed E-state index contributed by atoms with van der Waals surface area (Å²) in [4.78, 5) is 28.5. The number of amides is 1. The fourth-order valence-corrected chi connectivity index (χ4v) is 5.37. The third kappa shape index (κ3) is 6.01. The van der Waals surface area contributed by atoms with E-state index in [4.69, 9.17) is 39.5 Å². The molecule has 0 aromatic heterocycles. The van der Waals surface area contributed by atoms with Crippen molar-refractivity contribution in [3.63, 3.8) is 0 Å². The van der Waals surface area contributed by atoms with E-state index in [0.717, 1.165) is 0 Å². The number of hydrogen-bond donors (Lipinski definition) is 1. The molecule has 40 heavy (non-hydrogen) atoms. The van der Waals surface area contributed by atoms with Gasteiger partial charge in [-0.3, -0.25) is 4.79 Å². The van der Waals surface area contributed by atoms with E-state index in [1.54, 1.807) is 84.9 Å². The average molecular weight is 599 g/mol. The molecule has 1 fully saturated rings. The predicted molar refractivity (Wildman–Crippen MR) is 152 cm³/mol. The van der Waals surface area contributed by atoms with Crippen LogP contribution in [0.2, 0.25) is 15.1 Å². The Morgan fingerprint density at radius 1 is 0.800 bits per heavy atom. The average Bonchev–Trinajstić information content (AvgIpc) is 2.94. The molecule has 9 heteroatoms. The molecule has 1 amide bonds. The van der Waals surface area contributed by atoms with E-state index in [1.807, 2.05) is 0 Å². The van der Waals surface area contributed by atoms with Gasteiger partial charge in [-0.15, -0.1) is 0 Å². The van der Waals surface area contributed by atoms with E-state index in [2.05, 4.69) is 0 Å². The van der Waals surface area contributed by atoms with Crippen LogP contribution in [0.4, 0.5) is 4.39 Å². The summed E-state index contributed by atoms with van der Waals surface area (Å²) in [6, 6.07) is 23.8. The first-order valence-electron chi connectivity index (χ1n) is 12.4. The van der Waals surface area contributed by atoms with Crippen LogP contribution in [0.1, 0.15) is 40.4 Å². The van der Waals surface area contributed by atoms with Crippen molar-refractivity contribution in [2.24, 2.45) is 0 Å². The minimum Gasteiger partial charge on any atom is -0.479 e. The normalized spacial score (nSPS) is 19.9. The smallest absolute Gasteiger partial charge is 0.331 e. The minimum atomic E-state index is -1.36. The summed E-state index contributed by atoms with van der Waals surface area (Å²) in [7, 11) is 0. The number of benzene rings is 4. The van der Waals surface area contributed by atoms with Crippen molar-refractivity contribution in [1.29, 1.82) is 0 Å². The molecule has 204 valence electrons. The lowest BCUT2D eigenvalue weighted by atomic mass is 9.88. The highest BCUT2D eigenvalue weighted by Gasteiger charge is 2.49. The number of hydrogen-bond acceptors (Lipinski definition) is 3. The van der Waals surface area contributed by atoms with E-state index in [1.165, 1.54) is 17.0 Å². The van der Waals surface area contributed by atoms with E-state index in [0.29, 0.717) is 37.3 Å². The first-order valence-corrected chi connectivity index (χ1v) is 13.6. The van der Waals surface area contributed by atoms with Crippen molar-refractivity contribution in [2.75, 3.05) is 0 Å². The Morgan fingerprint density at radius 3 is 1.82 bits per heavy atom. The summed E-state index contributed by atoms with van der Waals surface area (Å²) in [6.07, 6.45) is -1.71. The molecule has 1 heterocycles. The van der Waals surface area contributed by atoms with Crippen LogP contribution in [-0.2, 0) is 20.7 Å². The summed E-state index contributed by atoms with van der Waals surface area (Å²) in [5.41, 5.74) is 2.38. The molecule has 0 aliphatic carbocycles. The molecule has 5 nitrogen and oxygen atoms in total. The minimum absolute atomic E-state index is 0.111. The number of nitrogens with zero attached hydrogens (tertiary/aromatic N) is 1. The molecule has 0 radical (unpaired) electrons. The molecule has 4 aromatic rings. The first-order chi connectivity index (χ1) is 19.2. The molecule has 0 unspecified atom stereocenters. The Morgan fingerprint density at radius 2 is 1.30 bits per heavy atom. The molecule has 1 saturated heterocycles. The standard InChI is InChI=1S/C31H23Cl3FNO4/c32-22-9-3-19(4-10-22)27-29(21-7-13-24(34)14-8-21)40-26(17-18-1-15-25(35)16-2-18)30(37)36(27)28(31(38)39)20-5-11-23(33)12-6-20/h1-16,26-29H,17H2,(H,38,39)/t26-,27+,28+,29-/m1/s1. The van der Waals surface area contributed by atoms with Gasteiger partial charge in [-0.05, 0) is 70.8 Å². The second kappa shape index (κ2) is 12.0. The molecule has 0 spiro atoms. The summed E-state index contributed by atoms with van der Waals surface area (Å²) in [5, 5.41) is 12.0. The molecular formula is C31H23Cl3FNO4. The molecule has 0 bridgehead atoms. The Bertz CT molecular complexity index is 1500. The van der Waals surface area contributed by atoms with Gasteiger partial charge in [0, 0.05) is 21.5 Å². The van der Waals surface area contributed by atoms with Gasteiger partial charge in [0.1, 0.15) is 18.0 Å². The monoisotopic (exact) mass is 597 g/mol. The number of halogens is 4. The van der Waals surface area contributed by atoms with Crippen LogP contribution < -0.4 is 0 Å². The molecule has 4 atom stereocenters. The summed E-state index contributed by atoms with van der Waals surface area (Å²) in [5.74, 6) is -2.14. The number of rotatable bonds is 7. The number of aliphatic carboxylic acids is 1. The van der Waals surface area contributed by atoms with Crippen molar-refractivity contribution in [1.82, 2.24) is 4.90 Å².